The molecule has 1 fully saturated rings. The Balaban J connectivity index is 2.30. The van der Waals surface area contributed by atoms with Crippen molar-refractivity contribution in [1.82, 2.24) is 9.97 Å². The van der Waals surface area contributed by atoms with Gasteiger partial charge in [-0.3, -0.25) is 0 Å². The molecule has 2 N–H and O–H groups in total. The van der Waals surface area contributed by atoms with Gasteiger partial charge < -0.3 is 10.6 Å². The Kier molecular flexibility index (Phi) is 4.39. The number of aromatic nitrogens is 2. The molecule has 1 unspecified atom stereocenters. The monoisotopic (exact) mass is 248 g/mol. The predicted octanol–water partition coefficient (Wildman–Crippen LogP) is 2.78. The van der Waals surface area contributed by atoms with Gasteiger partial charge in [-0.05, 0) is 32.1 Å². The van der Waals surface area contributed by atoms with E-state index in [-0.39, 0.29) is 0 Å². The first-order valence-electron chi connectivity index (χ1n) is 7.13. The number of nitrogens with zero attached hydrogens (tertiary/aromatic N) is 3. The minimum Gasteiger partial charge on any atom is -0.383 e. The van der Waals surface area contributed by atoms with Gasteiger partial charge >= 0.3 is 0 Å². The maximum Gasteiger partial charge on any atom is 0.137 e. The van der Waals surface area contributed by atoms with Crippen molar-refractivity contribution in [3.05, 3.63) is 11.9 Å². The quantitative estimate of drug-likeness (QED) is 0.890. The highest BCUT2D eigenvalue weighted by Crippen LogP contribution is 2.30. The topological polar surface area (TPSA) is 55.0 Å². The van der Waals surface area contributed by atoms with Crippen molar-refractivity contribution in [1.29, 1.82) is 0 Å². The number of anilines is 2. The zero-order valence-corrected chi connectivity index (χ0v) is 11.5. The molecular weight excluding hydrogens is 224 g/mol. The molecule has 1 aliphatic heterocycles. The van der Waals surface area contributed by atoms with Crippen LogP contribution in [0.4, 0.5) is 11.6 Å². The van der Waals surface area contributed by atoms with Gasteiger partial charge in [0.15, 0.2) is 0 Å². The summed E-state index contributed by atoms with van der Waals surface area (Å²) in [5.41, 5.74) is 7.09. The van der Waals surface area contributed by atoms with Gasteiger partial charge in [-0.1, -0.05) is 20.3 Å². The van der Waals surface area contributed by atoms with Crippen molar-refractivity contribution in [3.63, 3.8) is 0 Å². The summed E-state index contributed by atoms with van der Waals surface area (Å²) in [6, 6.07) is 0.628. The SMILES string of the molecule is CCCC1CCCCN1c1ncnc(N)c1CC. The minimum atomic E-state index is 0.628. The Hall–Kier alpha value is -1.32. The second-order valence-electron chi connectivity index (χ2n) is 5.05. The van der Waals surface area contributed by atoms with E-state index in [9.17, 15) is 0 Å². The Labute approximate surface area is 110 Å². The molecule has 100 valence electrons. The lowest BCUT2D eigenvalue weighted by molar-refractivity contribution is 0.431. The molecule has 1 aromatic heterocycles. The molecule has 2 rings (SSSR count). The van der Waals surface area contributed by atoms with E-state index in [1.807, 2.05) is 0 Å². The lowest BCUT2D eigenvalue weighted by atomic mass is 9.97. The van der Waals surface area contributed by atoms with E-state index < -0.39 is 0 Å². The molecule has 0 aliphatic carbocycles. The van der Waals surface area contributed by atoms with E-state index in [1.54, 1.807) is 6.33 Å². The molecule has 0 spiro atoms. The fourth-order valence-electron chi connectivity index (χ4n) is 2.92. The van der Waals surface area contributed by atoms with Gasteiger partial charge in [-0.25, -0.2) is 9.97 Å². The highest BCUT2D eigenvalue weighted by Gasteiger charge is 2.25. The molecule has 1 atom stereocenters. The first kappa shape index (κ1) is 13.1. The van der Waals surface area contributed by atoms with Crippen molar-refractivity contribution in [3.8, 4) is 0 Å². The molecule has 0 bridgehead atoms. The zero-order chi connectivity index (χ0) is 13.0. The second-order valence-corrected chi connectivity index (χ2v) is 5.05. The highest BCUT2D eigenvalue weighted by molar-refractivity contribution is 5.57. The Bertz CT molecular complexity index is 389. The molecule has 0 radical (unpaired) electrons. The highest BCUT2D eigenvalue weighted by atomic mass is 15.2. The number of nitrogen functional groups attached to an aromatic ring is 1. The smallest absolute Gasteiger partial charge is 0.137 e. The molecule has 4 heteroatoms. The van der Waals surface area contributed by atoms with Crippen LogP contribution in [0.3, 0.4) is 0 Å². The van der Waals surface area contributed by atoms with Crippen LogP contribution in [0.15, 0.2) is 6.33 Å². The average molecular weight is 248 g/mol. The van der Waals surface area contributed by atoms with Gasteiger partial charge in [0, 0.05) is 18.2 Å². The van der Waals surface area contributed by atoms with Gasteiger partial charge in [-0.2, -0.15) is 0 Å². The first-order chi connectivity index (χ1) is 8.77. The lowest BCUT2D eigenvalue weighted by Gasteiger charge is -2.37. The number of nitrogens with two attached hydrogens (primary N) is 1. The summed E-state index contributed by atoms with van der Waals surface area (Å²) in [7, 11) is 0. The molecule has 18 heavy (non-hydrogen) atoms. The Morgan fingerprint density at radius 2 is 2.17 bits per heavy atom. The van der Waals surface area contributed by atoms with E-state index in [2.05, 4.69) is 28.7 Å². The summed E-state index contributed by atoms with van der Waals surface area (Å²) in [6.07, 6.45) is 8.84. The standard InChI is InChI=1S/C14H24N4/c1-3-7-11-8-5-6-9-18(11)14-12(4-2)13(15)16-10-17-14/h10-11H,3-9H2,1-2H3,(H2,15,16,17). The summed E-state index contributed by atoms with van der Waals surface area (Å²) < 4.78 is 0. The maximum absolute atomic E-state index is 5.98. The first-order valence-corrected chi connectivity index (χ1v) is 7.13. The molecule has 1 aromatic rings. The molecule has 0 saturated carbocycles. The van der Waals surface area contributed by atoms with Gasteiger partial charge in [0.2, 0.25) is 0 Å². The third-order valence-electron chi connectivity index (χ3n) is 3.83. The van der Waals surface area contributed by atoms with Crippen LogP contribution in [0.25, 0.3) is 0 Å². The van der Waals surface area contributed by atoms with E-state index in [0.717, 1.165) is 24.3 Å². The Morgan fingerprint density at radius 3 is 2.89 bits per heavy atom. The van der Waals surface area contributed by atoms with Gasteiger partial charge in [-0.15, -0.1) is 0 Å². The summed E-state index contributed by atoms with van der Waals surface area (Å²) in [5, 5.41) is 0. The predicted molar refractivity (Wildman–Crippen MR) is 75.7 cm³/mol. The minimum absolute atomic E-state index is 0.628. The van der Waals surface area contributed by atoms with Crippen LogP contribution >= 0.6 is 0 Å². The number of hydrogen-bond donors (Lipinski definition) is 1. The lowest BCUT2D eigenvalue weighted by Crippen LogP contribution is -2.40. The molecule has 0 amide bonds. The van der Waals surface area contributed by atoms with E-state index in [0.29, 0.717) is 11.9 Å². The van der Waals surface area contributed by atoms with Gasteiger partial charge in [0.1, 0.15) is 18.0 Å². The van der Waals surface area contributed by atoms with Crippen LogP contribution in [-0.2, 0) is 6.42 Å². The van der Waals surface area contributed by atoms with Gasteiger partial charge in [0.25, 0.3) is 0 Å². The normalized spacial score (nSPS) is 20.1. The van der Waals surface area contributed by atoms with Crippen LogP contribution in [0, 0.1) is 0 Å². The second kappa shape index (κ2) is 6.03. The molecular formula is C14H24N4. The fourth-order valence-corrected chi connectivity index (χ4v) is 2.92. The summed E-state index contributed by atoms with van der Waals surface area (Å²) in [6.45, 7) is 5.48. The molecule has 1 aliphatic rings. The van der Waals surface area contributed by atoms with E-state index in [1.165, 1.54) is 32.1 Å². The van der Waals surface area contributed by atoms with Crippen molar-refractivity contribution in [2.45, 2.75) is 58.4 Å². The van der Waals surface area contributed by atoms with Crippen molar-refractivity contribution < 1.29 is 0 Å². The van der Waals surface area contributed by atoms with Crippen LogP contribution in [-0.4, -0.2) is 22.6 Å². The molecule has 2 heterocycles. The van der Waals surface area contributed by atoms with Crippen molar-refractivity contribution >= 4 is 11.6 Å². The summed E-state index contributed by atoms with van der Waals surface area (Å²) in [5.74, 6) is 1.71. The van der Waals surface area contributed by atoms with Crippen LogP contribution in [0.5, 0.6) is 0 Å². The number of rotatable bonds is 4. The summed E-state index contributed by atoms with van der Waals surface area (Å²) >= 11 is 0. The molecule has 4 nitrogen and oxygen atoms in total. The fraction of sp³-hybridized carbons (Fsp3) is 0.714. The summed E-state index contributed by atoms with van der Waals surface area (Å²) in [4.78, 5) is 11.1. The largest absolute Gasteiger partial charge is 0.383 e. The third-order valence-corrected chi connectivity index (χ3v) is 3.83. The van der Waals surface area contributed by atoms with Crippen molar-refractivity contribution in [2.24, 2.45) is 0 Å². The van der Waals surface area contributed by atoms with E-state index >= 15 is 0 Å². The third kappa shape index (κ3) is 2.57. The van der Waals surface area contributed by atoms with Crippen LogP contribution < -0.4 is 10.6 Å². The van der Waals surface area contributed by atoms with Crippen LogP contribution in [0.2, 0.25) is 0 Å². The number of piperidine rings is 1. The molecule has 0 aromatic carbocycles. The van der Waals surface area contributed by atoms with Crippen LogP contribution in [0.1, 0.15) is 51.5 Å². The number of hydrogen-bond acceptors (Lipinski definition) is 4. The Morgan fingerprint density at radius 1 is 1.33 bits per heavy atom. The van der Waals surface area contributed by atoms with Gasteiger partial charge in [0.05, 0.1) is 0 Å². The zero-order valence-electron chi connectivity index (χ0n) is 11.5. The maximum atomic E-state index is 5.98. The molecule has 1 saturated heterocycles. The van der Waals surface area contributed by atoms with Crippen molar-refractivity contribution in [2.75, 3.05) is 17.2 Å². The average Bonchev–Trinajstić information content (AvgIpc) is 2.39. The van der Waals surface area contributed by atoms with E-state index in [4.69, 9.17) is 5.73 Å².